The van der Waals surface area contributed by atoms with Crippen LogP contribution in [-0.4, -0.2) is 36.2 Å². The van der Waals surface area contributed by atoms with E-state index < -0.39 is 0 Å². The Labute approximate surface area is 162 Å². The van der Waals surface area contributed by atoms with Crippen LogP contribution >= 0.6 is 12.1 Å². The molecule has 1 aromatic carbocycles. The normalized spacial score (nSPS) is 14.8. The summed E-state index contributed by atoms with van der Waals surface area (Å²) >= 11 is 1.43. The molecule has 0 bridgehead atoms. The molecule has 0 saturated carbocycles. The van der Waals surface area contributed by atoms with Gasteiger partial charge in [-0.25, -0.2) is 13.4 Å². The maximum Gasteiger partial charge on any atom is 0.425 e. The second kappa shape index (κ2) is 9.51. The van der Waals surface area contributed by atoms with Crippen molar-refractivity contribution >= 4 is 23.9 Å². The van der Waals surface area contributed by atoms with E-state index in [0.29, 0.717) is 0 Å². The maximum atomic E-state index is 12.6. The van der Waals surface area contributed by atoms with Gasteiger partial charge >= 0.3 is 6.09 Å². The van der Waals surface area contributed by atoms with E-state index in [4.69, 9.17) is 9.47 Å². The van der Waals surface area contributed by atoms with Crippen LogP contribution < -0.4 is 9.04 Å². The van der Waals surface area contributed by atoms with E-state index in [0.717, 1.165) is 62.2 Å². The van der Waals surface area contributed by atoms with Crippen molar-refractivity contribution in [3.05, 3.63) is 23.8 Å². The molecule has 6 heteroatoms. The first-order valence-electron chi connectivity index (χ1n) is 9.53. The van der Waals surface area contributed by atoms with Crippen LogP contribution in [0, 0.1) is 0 Å². The van der Waals surface area contributed by atoms with Gasteiger partial charge in [0.2, 0.25) is 0 Å². The number of para-hydroxylation sites is 1. The minimum Gasteiger partial charge on any atom is -0.485 e. The zero-order valence-corrected chi connectivity index (χ0v) is 17.5. The van der Waals surface area contributed by atoms with Gasteiger partial charge in [-0.3, -0.25) is 0 Å². The minimum absolute atomic E-state index is 0.255. The topological polar surface area (TPSA) is 42.0 Å². The predicted octanol–water partition coefficient (Wildman–Crippen LogP) is 5.44. The number of amides is 1. The lowest BCUT2D eigenvalue weighted by molar-refractivity contribution is 0.138. The Morgan fingerprint density at radius 3 is 2.46 bits per heavy atom. The largest absolute Gasteiger partial charge is 0.485 e. The Hall–Kier alpha value is -1.40. The molecule has 26 heavy (non-hydrogen) atoms. The molecule has 1 aliphatic heterocycles. The number of rotatable bonds is 9. The SMILES string of the molecule is CCCCN(CCCC)SN(C(=O)OC)c1cccc2c1OC(C)(C)C2. The summed E-state index contributed by atoms with van der Waals surface area (Å²) in [5.74, 6) is 0.793. The van der Waals surface area contributed by atoms with E-state index in [1.807, 2.05) is 12.1 Å². The first-order valence-corrected chi connectivity index (χ1v) is 10.3. The predicted molar refractivity (Wildman–Crippen MR) is 109 cm³/mol. The molecule has 1 amide bonds. The van der Waals surface area contributed by atoms with Gasteiger partial charge < -0.3 is 9.47 Å². The standard InChI is InChI=1S/C20H32N2O3S/c1-6-8-13-21(14-9-7-2)26-22(19(23)24-5)17-12-10-11-16-15-20(3,4)25-18(16)17/h10-12H,6-9,13-15H2,1-5H3. The Morgan fingerprint density at radius 1 is 1.23 bits per heavy atom. The van der Waals surface area contributed by atoms with Crippen molar-refractivity contribution in [1.82, 2.24) is 4.31 Å². The van der Waals surface area contributed by atoms with Crippen LogP contribution in [0.2, 0.25) is 0 Å². The average Bonchev–Trinajstić information content (AvgIpc) is 2.94. The van der Waals surface area contributed by atoms with Crippen molar-refractivity contribution < 1.29 is 14.3 Å². The van der Waals surface area contributed by atoms with Gasteiger partial charge in [0, 0.05) is 25.1 Å². The minimum atomic E-state index is -0.380. The van der Waals surface area contributed by atoms with Gasteiger partial charge in [0.05, 0.1) is 19.2 Å². The lowest BCUT2D eigenvalue weighted by Gasteiger charge is -2.29. The summed E-state index contributed by atoms with van der Waals surface area (Å²) in [6.07, 6.45) is 4.91. The summed E-state index contributed by atoms with van der Waals surface area (Å²) in [4.78, 5) is 12.6. The highest BCUT2D eigenvalue weighted by Gasteiger charge is 2.35. The summed E-state index contributed by atoms with van der Waals surface area (Å²) < 4.78 is 15.1. The molecule has 146 valence electrons. The monoisotopic (exact) mass is 380 g/mol. The molecule has 0 fully saturated rings. The van der Waals surface area contributed by atoms with Crippen LogP contribution in [0.1, 0.15) is 58.9 Å². The van der Waals surface area contributed by atoms with Gasteiger partial charge in [-0.1, -0.05) is 38.8 Å². The number of hydrogen-bond donors (Lipinski definition) is 0. The molecule has 0 atom stereocenters. The number of carbonyl (C=O) groups excluding carboxylic acids is 1. The van der Waals surface area contributed by atoms with Gasteiger partial charge in [0.15, 0.2) is 0 Å². The molecule has 1 heterocycles. The van der Waals surface area contributed by atoms with E-state index in [1.165, 1.54) is 19.2 Å². The first kappa shape index (κ1) is 20.9. The van der Waals surface area contributed by atoms with Crippen LogP contribution in [-0.2, 0) is 11.2 Å². The summed E-state index contributed by atoms with van der Waals surface area (Å²) in [6, 6.07) is 5.99. The van der Waals surface area contributed by atoms with Crippen molar-refractivity contribution in [2.45, 2.75) is 65.4 Å². The Bertz CT molecular complexity index is 599. The molecular weight excluding hydrogens is 348 g/mol. The Balaban J connectivity index is 2.28. The third-order valence-electron chi connectivity index (χ3n) is 4.35. The summed E-state index contributed by atoms with van der Waals surface area (Å²) in [7, 11) is 1.42. The van der Waals surface area contributed by atoms with Crippen LogP contribution in [0.5, 0.6) is 5.75 Å². The average molecular weight is 381 g/mol. The molecule has 1 aromatic rings. The van der Waals surface area contributed by atoms with E-state index >= 15 is 0 Å². The van der Waals surface area contributed by atoms with Crippen molar-refractivity contribution in [3.63, 3.8) is 0 Å². The smallest absolute Gasteiger partial charge is 0.425 e. The number of unbranched alkanes of at least 4 members (excludes halogenated alkanes) is 2. The Kier molecular flexibility index (Phi) is 7.65. The fourth-order valence-corrected chi connectivity index (χ4v) is 4.02. The van der Waals surface area contributed by atoms with E-state index in [2.05, 4.69) is 38.1 Å². The molecule has 0 aliphatic carbocycles. The zero-order chi connectivity index (χ0) is 19.2. The van der Waals surface area contributed by atoms with Crippen LogP contribution in [0.4, 0.5) is 10.5 Å². The lowest BCUT2D eigenvalue weighted by Crippen LogP contribution is -2.32. The zero-order valence-electron chi connectivity index (χ0n) is 16.7. The van der Waals surface area contributed by atoms with E-state index in [-0.39, 0.29) is 11.7 Å². The summed E-state index contributed by atoms with van der Waals surface area (Å²) in [5, 5.41) is 0. The quantitative estimate of drug-likeness (QED) is 0.534. The van der Waals surface area contributed by atoms with Crippen LogP contribution in [0.3, 0.4) is 0 Å². The molecule has 0 N–H and O–H groups in total. The fourth-order valence-electron chi connectivity index (χ4n) is 3.00. The third-order valence-corrected chi connectivity index (χ3v) is 5.45. The maximum absolute atomic E-state index is 12.6. The molecule has 5 nitrogen and oxygen atoms in total. The van der Waals surface area contributed by atoms with Gasteiger partial charge in [-0.2, -0.15) is 0 Å². The van der Waals surface area contributed by atoms with Crippen molar-refractivity contribution in [2.24, 2.45) is 0 Å². The fraction of sp³-hybridized carbons (Fsp3) is 0.650. The second-order valence-corrected chi connectivity index (χ2v) is 8.33. The lowest BCUT2D eigenvalue weighted by atomic mass is 10.0. The van der Waals surface area contributed by atoms with Crippen molar-refractivity contribution in [2.75, 3.05) is 24.5 Å². The van der Waals surface area contributed by atoms with E-state index in [1.54, 1.807) is 4.31 Å². The number of nitrogens with zero attached hydrogens (tertiary/aromatic N) is 2. The van der Waals surface area contributed by atoms with E-state index in [9.17, 15) is 4.79 Å². The number of fused-ring (bicyclic) bond motifs is 1. The number of ether oxygens (including phenoxy) is 2. The highest BCUT2D eigenvalue weighted by molar-refractivity contribution is 7.99. The van der Waals surface area contributed by atoms with Crippen LogP contribution in [0.25, 0.3) is 0 Å². The van der Waals surface area contributed by atoms with Gasteiger partial charge in [0.25, 0.3) is 0 Å². The molecule has 0 unspecified atom stereocenters. The van der Waals surface area contributed by atoms with Gasteiger partial charge in [-0.15, -0.1) is 0 Å². The number of anilines is 1. The first-order chi connectivity index (χ1) is 12.4. The molecule has 1 aliphatic rings. The third kappa shape index (κ3) is 5.30. The highest BCUT2D eigenvalue weighted by atomic mass is 32.2. The molecule has 0 spiro atoms. The molecule has 0 aromatic heterocycles. The molecule has 0 saturated heterocycles. The van der Waals surface area contributed by atoms with Crippen molar-refractivity contribution in [1.29, 1.82) is 0 Å². The van der Waals surface area contributed by atoms with Gasteiger partial charge in [0.1, 0.15) is 17.0 Å². The van der Waals surface area contributed by atoms with Crippen molar-refractivity contribution in [3.8, 4) is 5.75 Å². The summed E-state index contributed by atoms with van der Waals surface area (Å²) in [6.45, 7) is 10.4. The number of methoxy groups -OCH3 is 1. The molecular formula is C20H32N2O3S. The highest BCUT2D eigenvalue weighted by Crippen LogP contribution is 2.44. The van der Waals surface area contributed by atoms with Crippen LogP contribution in [0.15, 0.2) is 18.2 Å². The molecule has 0 radical (unpaired) electrons. The Morgan fingerprint density at radius 2 is 1.88 bits per heavy atom. The second-order valence-electron chi connectivity index (χ2n) is 7.29. The summed E-state index contributed by atoms with van der Waals surface area (Å²) in [5.41, 5.74) is 1.65. The van der Waals surface area contributed by atoms with Gasteiger partial charge in [-0.05, 0) is 32.8 Å². The number of benzene rings is 1. The number of carbonyl (C=O) groups is 1. The number of hydrogen-bond acceptors (Lipinski definition) is 5. The molecule has 2 rings (SSSR count).